The first-order valence-corrected chi connectivity index (χ1v) is 9.47. The molecule has 1 amide bonds. The van der Waals surface area contributed by atoms with Crippen molar-refractivity contribution in [2.45, 2.75) is 31.1 Å². The number of para-hydroxylation sites is 2. The minimum Gasteiger partial charge on any atom is -0.486 e. The van der Waals surface area contributed by atoms with Gasteiger partial charge in [0, 0.05) is 13.6 Å². The number of nitrogens with zero attached hydrogens (tertiary/aromatic N) is 3. The molecule has 1 aromatic heterocycles. The van der Waals surface area contributed by atoms with E-state index in [1.165, 1.54) is 11.8 Å². The van der Waals surface area contributed by atoms with Gasteiger partial charge in [0.15, 0.2) is 22.8 Å². The number of rotatable bonds is 7. The van der Waals surface area contributed by atoms with Crippen LogP contribution in [0.3, 0.4) is 0 Å². The quantitative estimate of drug-likeness (QED) is 0.732. The molecule has 2 aromatic rings. The zero-order chi connectivity index (χ0) is 18.5. The highest BCUT2D eigenvalue weighted by Gasteiger charge is 2.24. The predicted octanol–water partition coefficient (Wildman–Crippen LogP) is 1.37. The Kier molecular flexibility index (Phi) is 5.87. The Morgan fingerprint density at radius 2 is 2.19 bits per heavy atom. The van der Waals surface area contributed by atoms with Crippen molar-refractivity contribution in [3.05, 3.63) is 34.7 Å². The summed E-state index contributed by atoms with van der Waals surface area (Å²) < 4.78 is 13.1. The van der Waals surface area contributed by atoms with Crippen LogP contribution < -0.4 is 15.2 Å². The lowest BCUT2D eigenvalue weighted by molar-refractivity contribution is -0.128. The molecule has 0 aliphatic carbocycles. The van der Waals surface area contributed by atoms with Gasteiger partial charge >= 0.3 is 5.69 Å². The summed E-state index contributed by atoms with van der Waals surface area (Å²) in [6.45, 7) is 3.39. The molecule has 0 unspecified atom stereocenters. The summed E-state index contributed by atoms with van der Waals surface area (Å²) in [5.41, 5.74) is -0.249. The Morgan fingerprint density at radius 1 is 1.42 bits per heavy atom. The van der Waals surface area contributed by atoms with E-state index in [9.17, 15) is 9.59 Å². The molecule has 140 valence electrons. The summed E-state index contributed by atoms with van der Waals surface area (Å²) in [5, 5.41) is 6.94. The molecular formula is C17H22N4O4S. The Hall–Kier alpha value is -2.42. The number of thioether (sulfide) groups is 1. The third-order valence-electron chi connectivity index (χ3n) is 3.97. The molecule has 0 saturated carbocycles. The van der Waals surface area contributed by atoms with Crippen LogP contribution in [0.1, 0.15) is 13.3 Å². The van der Waals surface area contributed by atoms with Gasteiger partial charge in [-0.25, -0.2) is 9.89 Å². The normalized spacial score (nSPS) is 15.7. The molecule has 0 spiro atoms. The molecule has 1 atom stereocenters. The van der Waals surface area contributed by atoms with Crippen molar-refractivity contribution in [1.29, 1.82) is 0 Å². The second-order valence-electron chi connectivity index (χ2n) is 6.02. The van der Waals surface area contributed by atoms with Gasteiger partial charge in [-0.1, -0.05) is 30.8 Å². The Labute approximate surface area is 155 Å². The fourth-order valence-electron chi connectivity index (χ4n) is 2.63. The largest absolute Gasteiger partial charge is 0.486 e. The Morgan fingerprint density at radius 3 is 2.96 bits per heavy atom. The van der Waals surface area contributed by atoms with Gasteiger partial charge in [0.05, 0.1) is 12.3 Å². The lowest BCUT2D eigenvalue weighted by atomic mass is 10.2. The van der Waals surface area contributed by atoms with Crippen molar-refractivity contribution >= 4 is 17.7 Å². The van der Waals surface area contributed by atoms with Gasteiger partial charge in [-0.2, -0.15) is 0 Å². The molecule has 0 fully saturated rings. The molecule has 1 aliphatic heterocycles. The number of benzene rings is 1. The first kappa shape index (κ1) is 18.4. The van der Waals surface area contributed by atoms with Crippen LogP contribution in [0.25, 0.3) is 0 Å². The van der Waals surface area contributed by atoms with E-state index < -0.39 is 0 Å². The number of likely N-dealkylation sites (N-methyl/N-ethyl adjacent to an activating group) is 1. The molecule has 9 heteroatoms. The lowest BCUT2D eigenvalue weighted by Crippen LogP contribution is -2.42. The van der Waals surface area contributed by atoms with E-state index in [0.717, 1.165) is 12.2 Å². The van der Waals surface area contributed by atoms with E-state index in [2.05, 4.69) is 10.2 Å². The number of hydrogen-bond donors (Lipinski definition) is 1. The molecule has 0 bridgehead atoms. The van der Waals surface area contributed by atoms with Crippen molar-refractivity contribution < 1.29 is 14.3 Å². The lowest BCUT2D eigenvalue weighted by Gasteiger charge is -2.29. The Bertz CT molecular complexity index is 819. The van der Waals surface area contributed by atoms with Gasteiger partial charge in [-0.05, 0) is 18.6 Å². The number of hydrogen-bond acceptors (Lipinski definition) is 6. The molecule has 2 heterocycles. The number of H-pyrrole nitrogens is 1. The highest BCUT2D eigenvalue weighted by atomic mass is 32.2. The average Bonchev–Trinajstić information content (AvgIpc) is 3.00. The van der Waals surface area contributed by atoms with Gasteiger partial charge in [-0.15, -0.1) is 5.10 Å². The van der Waals surface area contributed by atoms with Crippen molar-refractivity contribution in [3.8, 4) is 11.5 Å². The summed E-state index contributed by atoms with van der Waals surface area (Å²) in [6, 6.07) is 7.48. The van der Waals surface area contributed by atoms with Crippen molar-refractivity contribution in [2.75, 3.05) is 26.0 Å². The number of amides is 1. The van der Waals surface area contributed by atoms with Crippen molar-refractivity contribution in [2.24, 2.45) is 0 Å². The van der Waals surface area contributed by atoms with Gasteiger partial charge in [0.25, 0.3) is 0 Å². The van der Waals surface area contributed by atoms with Crippen molar-refractivity contribution in [1.82, 2.24) is 19.7 Å². The van der Waals surface area contributed by atoms with Gasteiger partial charge in [0.2, 0.25) is 5.91 Å². The van der Waals surface area contributed by atoms with E-state index >= 15 is 0 Å². The maximum absolute atomic E-state index is 12.4. The fourth-order valence-corrected chi connectivity index (χ4v) is 3.54. The summed E-state index contributed by atoms with van der Waals surface area (Å²) in [4.78, 5) is 25.7. The molecule has 3 rings (SSSR count). The van der Waals surface area contributed by atoms with E-state index in [1.54, 1.807) is 16.5 Å². The van der Waals surface area contributed by atoms with Crippen LogP contribution in [0.5, 0.6) is 11.5 Å². The minimum atomic E-state index is -0.249. The molecule has 0 saturated heterocycles. The van der Waals surface area contributed by atoms with Crippen LogP contribution in [0.4, 0.5) is 0 Å². The summed E-state index contributed by atoms with van der Waals surface area (Å²) in [5.74, 6) is 1.56. The summed E-state index contributed by atoms with van der Waals surface area (Å²) in [6.07, 6.45) is 0.606. The number of carbonyl (C=O) groups excluding carboxylic acids is 1. The molecule has 0 radical (unpaired) electrons. The molecule has 8 nitrogen and oxygen atoms in total. The second-order valence-corrected chi connectivity index (χ2v) is 6.97. The summed E-state index contributed by atoms with van der Waals surface area (Å²) >= 11 is 1.25. The highest BCUT2D eigenvalue weighted by Crippen LogP contribution is 2.31. The molecular weight excluding hydrogens is 356 g/mol. The number of nitrogens with one attached hydrogen (secondary N) is 1. The number of ether oxygens (including phenoxy) is 2. The van der Waals surface area contributed by atoms with Crippen LogP contribution in [0, 0.1) is 0 Å². The average molecular weight is 378 g/mol. The zero-order valence-corrected chi connectivity index (χ0v) is 15.6. The zero-order valence-electron chi connectivity index (χ0n) is 14.8. The van der Waals surface area contributed by atoms with Crippen molar-refractivity contribution in [3.63, 3.8) is 0 Å². The van der Waals surface area contributed by atoms with Gasteiger partial charge in [-0.3, -0.25) is 9.36 Å². The first-order chi connectivity index (χ1) is 12.6. The topological polar surface area (TPSA) is 89.4 Å². The van der Waals surface area contributed by atoms with Crippen LogP contribution in [0.2, 0.25) is 0 Å². The fraction of sp³-hybridized carbons (Fsp3) is 0.471. The van der Waals surface area contributed by atoms with Crippen LogP contribution in [0.15, 0.2) is 34.2 Å². The van der Waals surface area contributed by atoms with E-state index in [-0.39, 0.29) is 23.5 Å². The minimum absolute atomic E-state index is 0.0593. The van der Waals surface area contributed by atoms with E-state index in [1.807, 2.05) is 31.2 Å². The van der Waals surface area contributed by atoms with Crippen LogP contribution >= 0.6 is 11.8 Å². The first-order valence-electron chi connectivity index (χ1n) is 8.49. The van der Waals surface area contributed by atoms with E-state index in [4.69, 9.17) is 9.47 Å². The molecule has 1 N–H and O–H groups in total. The third-order valence-corrected chi connectivity index (χ3v) is 4.93. The molecule has 1 aromatic carbocycles. The monoisotopic (exact) mass is 378 g/mol. The number of aromatic amines is 1. The maximum atomic E-state index is 12.4. The standard InChI is InChI=1S/C17H22N4O4S/c1-3-8-21-16(23)18-19-17(21)26-11-15(22)20(2)9-12-10-24-13-6-4-5-7-14(13)25-12/h4-7,12H,3,8-11H2,1-2H3,(H,18,23)/t12-/m0/s1. The Balaban J connectivity index is 1.52. The summed E-state index contributed by atoms with van der Waals surface area (Å²) in [7, 11) is 1.73. The number of aromatic nitrogens is 3. The number of fused-ring (bicyclic) bond motifs is 1. The third kappa shape index (κ3) is 4.21. The smallest absolute Gasteiger partial charge is 0.343 e. The van der Waals surface area contributed by atoms with Gasteiger partial charge in [0.1, 0.15) is 6.61 Å². The molecule has 26 heavy (non-hydrogen) atoms. The van der Waals surface area contributed by atoms with Crippen LogP contribution in [-0.4, -0.2) is 57.6 Å². The van der Waals surface area contributed by atoms with Crippen LogP contribution in [-0.2, 0) is 11.3 Å². The van der Waals surface area contributed by atoms with Gasteiger partial charge < -0.3 is 14.4 Å². The number of carbonyl (C=O) groups is 1. The predicted molar refractivity (Wildman–Crippen MR) is 97.9 cm³/mol. The second kappa shape index (κ2) is 8.31. The highest BCUT2D eigenvalue weighted by molar-refractivity contribution is 7.99. The SMILES string of the molecule is CCCn1c(SCC(=O)N(C)C[C@H]2COc3ccccc3O2)n[nH]c1=O. The maximum Gasteiger partial charge on any atom is 0.343 e. The molecule has 1 aliphatic rings. The van der Waals surface area contributed by atoms with E-state index in [0.29, 0.717) is 30.6 Å².